The molecule has 1 aromatic heterocycles. The van der Waals surface area contributed by atoms with E-state index in [1.807, 2.05) is 24.3 Å². The Morgan fingerprint density at radius 3 is 2.65 bits per heavy atom. The Balaban J connectivity index is 2.41. The molecule has 0 aliphatic rings. The van der Waals surface area contributed by atoms with Gasteiger partial charge in [-0.05, 0) is 37.2 Å². The van der Waals surface area contributed by atoms with E-state index < -0.39 is 0 Å². The molecule has 0 fully saturated rings. The number of ether oxygens (including phenoxy) is 1. The molecular weight excluding hydrogens is 282 g/mol. The fraction of sp³-hybridized carbons (Fsp3) is 0.250. The zero-order valence-electron chi connectivity index (χ0n) is 9.56. The van der Waals surface area contributed by atoms with Crippen LogP contribution in [0, 0.1) is 0 Å². The van der Waals surface area contributed by atoms with Gasteiger partial charge in [0.1, 0.15) is 0 Å². The summed E-state index contributed by atoms with van der Waals surface area (Å²) in [7, 11) is 1.65. The van der Waals surface area contributed by atoms with Crippen molar-refractivity contribution in [1.82, 2.24) is 9.78 Å². The number of hydrogen-bond acceptors (Lipinski definition) is 3. The molecule has 90 valence electrons. The van der Waals surface area contributed by atoms with Gasteiger partial charge < -0.3 is 10.5 Å². The van der Waals surface area contributed by atoms with Crippen molar-refractivity contribution in [2.24, 2.45) is 5.73 Å². The van der Waals surface area contributed by atoms with E-state index in [4.69, 9.17) is 10.5 Å². The van der Waals surface area contributed by atoms with Crippen molar-refractivity contribution in [3.8, 4) is 11.6 Å². The maximum atomic E-state index is 5.55. The average Bonchev–Trinajstić information content (AvgIpc) is 2.73. The average molecular weight is 296 g/mol. The lowest BCUT2D eigenvalue weighted by atomic mass is 10.2. The van der Waals surface area contributed by atoms with Crippen molar-refractivity contribution in [2.75, 3.05) is 13.7 Å². The molecule has 0 saturated carbocycles. The van der Waals surface area contributed by atoms with Crippen LogP contribution in [0.25, 0.3) is 5.69 Å². The summed E-state index contributed by atoms with van der Waals surface area (Å²) in [6.45, 7) is 0.586. The van der Waals surface area contributed by atoms with Crippen molar-refractivity contribution in [2.45, 2.75) is 6.42 Å². The molecule has 0 saturated heterocycles. The molecular formula is C12H14BrN3O. The van der Waals surface area contributed by atoms with Gasteiger partial charge in [0.2, 0.25) is 5.88 Å². The van der Waals surface area contributed by atoms with Crippen molar-refractivity contribution in [3.63, 3.8) is 0 Å². The number of nitrogens with two attached hydrogens (primary N) is 1. The highest BCUT2D eigenvalue weighted by Crippen LogP contribution is 2.23. The first-order chi connectivity index (χ1) is 8.26. The van der Waals surface area contributed by atoms with Crippen LogP contribution in [-0.4, -0.2) is 23.4 Å². The number of methoxy groups -OCH3 is 1. The first kappa shape index (κ1) is 12.1. The first-order valence-corrected chi connectivity index (χ1v) is 6.12. The van der Waals surface area contributed by atoms with Crippen molar-refractivity contribution in [1.29, 1.82) is 0 Å². The number of benzene rings is 1. The second-order valence-corrected chi connectivity index (χ2v) is 4.52. The molecule has 2 N–H and O–H groups in total. The quantitative estimate of drug-likeness (QED) is 0.940. The lowest BCUT2D eigenvalue weighted by Gasteiger charge is -2.07. The third-order valence-corrected chi connectivity index (χ3v) is 3.00. The molecule has 0 radical (unpaired) electrons. The minimum atomic E-state index is 0.586. The Kier molecular flexibility index (Phi) is 3.81. The summed E-state index contributed by atoms with van der Waals surface area (Å²) < 4.78 is 8.20. The van der Waals surface area contributed by atoms with Crippen LogP contribution in [0.15, 0.2) is 34.9 Å². The summed E-state index contributed by atoms with van der Waals surface area (Å²) in [6.07, 6.45) is 2.56. The van der Waals surface area contributed by atoms with Gasteiger partial charge >= 0.3 is 0 Å². The standard InChI is InChI=1S/C12H14BrN3O/c1-17-12-9(6-7-14)8-15-16(12)11-4-2-10(13)3-5-11/h2-5,8H,6-7,14H2,1H3. The fourth-order valence-corrected chi connectivity index (χ4v) is 1.95. The molecule has 0 atom stereocenters. The Morgan fingerprint density at radius 1 is 1.35 bits per heavy atom. The summed E-state index contributed by atoms with van der Waals surface area (Å²) in [6, 6.07) is 7.90. The van der Waals surface area contributed by atoms with Gasteiger partial charge in [0.05, 0.1) is 19.0 Å². The van der Waals surface area contributed by atoms with Crippen molar-refractivity contribution < 1.29 is 4.74 Å². The van der Waals surface area contributed by atoms with Gasteiger partial charge in [0, 0.05) is 10.0 Å². The zero-order chi connectivity index (χ0) is 12.3. The van der Waals surface area contributed by atoms with E-state index in [0.29, 0.717) is 6.54 Å². The zero-order valence-corrected chi connectivity index (χ0v) is 11.1. The molecule has 0 aliphatic heterocycles. The van der Waals surface area contributed by atoms with Crippen LogP contribution in [0.3, 0.4) is 0 Å². The Hall–Kier alpha value is -1.33. The first-order valence-electron chi connectivity index (χ1n) is 5.33. The number of aromatic nitrogens is 2. The van der Waals surface area contributed by atoms with Crippen LogP contribution in [0.4, 0.5) is 0 Å². The van der Waals surface area contributed by atoms with Crippen molar-refractivity contribution >= 4 is 15.9 Å². The number of halogens is 1. The Bertz CT molecular complexity index is 493. The topological polar surface area (TPSA) is 53.1 Å². The molecule has 17 heavy (non-hydrogen) atoms. The molecule has 0 unspecified atom stereocenters. The number of nitrogens with zero attached hydrogens (tertiary/aromatic N) is 2. The third-order valence-electron chi connectivity index (χ3n) is 2.47. The molecule has 2 aromatic rings. The van der Waals surface area contributed by atoms with E-state index in [1.54, 1.807) is 18.0 Å². The van der Waals surface area contributed by atoms with Crippen LogP contribution in [-0.2, 0) is 6.42 Å². The SMILES string of the molecule is COc1c(CCN)cnn1-c1ccc(Br)cc1. The molecule has 2 rings (SSSR count). The minimum absolute atomic E-state index is 0.586. The highest BCUT2D eigenvalue weighted by Gasteiger charge is 2.11. The molecule has 0 amide bonds. The molecule has 1 aromatic carbocycles. The van der Waals surface area contributed by atoms with Gasteiger partial charge in [0.15, 0.2) is 0 Å². The van der Waals surface area contributed by atoms with E-state index in [0.717, 1.165) is 28.0 Å². The van der Waals surface area contributed by atoms with E-state index in [1.165, 1.54) is 0 Å². The highest BCUT2D eigenvalue weighted by atomic mass is 79.9. The summed E-state index contributed by atoms with van der Waals surface area (Å²) in [4.78, 5) is 0. The maximum absolute atomic E-state index is 5.55. The molecule has 1 heterocycles. The van der Waals surface area contributed by atoms with Crippen LogP contribution >= 0.6 is 15.9 Å². The van der Waals surface area contributed by atoms with E-state index in [9.17, 15) is 0 Å². The molecule has 5 heteroatoms. The van der Waals surface area contributed by atoms with Gasteiger partial charge in [-0.25, -0.2) is 4.68 Å². The van der Waals surface area contributed by atoms with Gasteiger partial charge in [-0.15, -0.1) is 0 Å². The summed E-state index contributed by atoms with van der Waals surface area (Å²) >= 11 is 3.41. The van der Waals surface area contributed by atoms with Crippen LogP contribution in [0.2, 0.25) is 0 Å². The molecule has 0 bridgehead atoms. The maximum Gasteiger partial charge on any atom is 0.219 e. The van der Waals surface area contributed by atoms with Gasteiger partial charge in [-0.1, -0.05) is 15.9 Å². The summed E-state index contributed by atoms with van der Waals surface area (Å²) in [5, 5.41) is 4.33. The Morgan fingerprint density at radius 2 is 2.06 bits per heavy atom. The minimum Gasteiger partial charge on any atom is -0.481 e. The monoisotopic (exact) mass is 295 g/mol. The molecule has 4 nitrogen and oxygen atoms in total. The lowest BCUT2D eigenvalue weighted by Crippen LogP contribution is -2.05. The van der Waals surface area contributed by atoms with Gasteiger partial charge in [-0.3, -0.25) is 0 Å². The van der Waals surface area contributed by atoms with E-state index in [-0.39, 0.29) is 0 Å². The number of hydrogen-bond donors (Lipinski definition) is 1. The summed E-state index contributed by atoms with van der Waals surface area (Å²) in [5.74, 6) is 0.748. The molecule has 0 aliphatic carbocycles. The van der Waals surface area contributed by atoms with E-state index >= 15 is 0 Å². The second kappa shape index (κ2) is 5.33. The molecule has 0 spiro atoms. The second-order valence-electron chi connectivity index (χ2n) is 3.61. The highest BCUT2D eigenvalue weighted by molar-refractivity contribution is 9.10. The smallest absolute Gasteiger partial charge is 0.219 e. The van der Waals surface area contributed by atoms with Crippen LogP contribution < -0.4 is 10.5 Å². The van der Waals surface area contributed by atoms with Crippen LogP contribution in [0.5, 0.6) is 5.88 Å². The predicted molar refractivity (Wildman–Crippen MR) is 70.6 cm³/mol. The Labute approximate surface area is 109 Å². The van der Waals surface area contributed by atoms with Gasteiger partial charge in [0.25, 0.3) is 0 Å². The van der Waals surface area contributed by atoms with Crippen LogP contribution in [0.1, 0.15) is 5.56 Å². The summed E-state index contributed by atoms with van der Waals surface area (Å²) in [5.41, 5.74) is 7.55. The number of rotatable bonds is 4. The van der Waals surface area contributed by atoms with Gasteiger partial charge in [-0.2, -0.15) is 5.10 Å². The largest absolute Gasteiger partial charge is 0.481 e. The lowest BCUT2D eigenvalue weighted by molar-refractivity contribution is 0.379. The fourth-order valence-electron chi connectivity index (χ4n) is 1.68. The third kappa shape index (κ3) is 2.50. The normalized spacial score (nSPS) is 10.5. The van der Waals surface area contributed by atoms with Crippen molar-refractivity contribution in [3.05, 3.63) is 40.5 Å². The predicted octanol–water partition coefficient (Wildman–Crippen LogP) is 2.14. The van der Waals surface area contributed by atoms with E-state index in [2.05, 4.69) is 21.0 Å².